The molecular weight excluding hydrogens is 316 g/mol. The van der Waals surface area contributed by atoms with E-state index in [2.05, 4.69) is 52.5 Å². The van der Waals surface area contributed by atoms with Crippen molar-refractivity contribution >= 4 is 21.8 Å². The van der Waals surface area contributed by atoms with Crippen LogP contribution in [0.15, 0.2) is 28.7 Å². The number of carbonyl (C=O) groups excluding carboxylic acids is 1. The first-order valence-electron chi connectivity index (χ1n) is 7.34. The zero-order valence-corrected chi connectivity index (χ0v) is 13.7. The van der Waals surface area contributed by atoms with E-state index in [9.17, 15) is 4.79 Å². The van der Waals surface area contributed by atoms with Gasteiger partial charge in [-0.15, -0.1) is 0 Å². The highest BCUT2D eigenvalue weighted by Crippen LogP contribution is 2.16. The minimum absolute atomic E-state index is 0.0314. The smallest absolute Gasteiger partial charge is 0.237 e. The van der Waals surface area contributed by atoms with Gasteiger partial charge in [-0.2, -0.15) is 0 Å². The minimum Gasteiger partial charge on any atom is -0.352 e. The summed E-state index contributed by atoms with van der Waals surface area (Å²) < 4.78 is 1.08. The predicted octanol–water partition coefficient (Wildman–Crippen LogP) is 2.88. The molecule has 0 aromatic heterocycles. The standard InChI is InChI=1S/C16H23BrN2O/c1-11-4-3-9-18-15(11)16(20)19-12(2)10-13-5-7-14(17)8-6-13/h5-8,11-12,15,18H,3-4,9-10H2,1-2H3,(H,19,20). The maximum Gasteiger partial charge on any atom is 0.237 e. The Morgan fingerprint density at radius 3 is 2.80 bits per heavy atom. The Hall–Kier alpha value is -0.870. The van der Waals surface area contributed by atoms with Crippen molar-refractivity contribution in [2.24, 2.45) is 5.92 Å². The number of amides is 1. The zero-order chi connectivity index (χ0) is 14.5. The molecular formula is C16H23BrN2O. The second-order valence-corrected chi connectivity index (χ2v) is 6.71. The average molecular weight is 339 g/mol. The molecule has 0 bridgehead atoms. The summed E-state index contributed by atoms with van der Waals surface area (Å²) >= 11 is 3.43. The molecule has 3 nitrogen and oxygen atoms in total. The van der Waals surface area contributed by atoms with E-state index in [1.54, 1.807) is 0 Å². The maximum absolute atomic E-state index is 12.3. The fourth-order valence-electron chi connectivity index (χ4n) is 2.76. The summed E-state index contributed by atoms with van der Waals surface area (Å²) in [6.45, 7) is 5.16. The molecule has 1 saturated heterocycles. The van der Waals surface area contributed by atoms with Gasteiger partial charge in [0, 0.05) is 10.5 Å². The first-order chi connectivity index (χ1) is 9.56. The van der Waals surface area contributed by atoms with Gasteiger partial charge in [0.2, 0.25) is 5.91 Å². The van der Waals surface area contributed by atoms with Crippen LogP contribution in [0.1, 0.15) is 32.3 Å². The van der Waals surface area contributed by atoms with Crippen LogP contribution in [0.25, 0.3) is 0 Å². The number of carbonyl (C=O) groups is 1. The Kier molecular flexibility index (Phi) is 5.61. The molecule has 3 unspecified atom stereocenters. The zero-order valence-electron chi connectivity index (χ0n) is 12.2. The van der Waals surface area contributed by atoms with Gasteiger partial charge in [0.25, 0.3) is 0 Å². The molecule has 0 radical (unpaired) electrons. The van der Waals surface area contributed by atoms with Crippen molar-refractivity contribution in [3.63, 3.8) is 0 Å². The summed E-state index contributed by atoms with van der Waals surface area (Å²) in [5.41, 5.74) is 1.24. The van der Waals surface area contributed by atoms with Crippen LogP contribution in [0, 0.1) is 5.92 Å². The Labute approximate surface area is 129 Å². The second-order valence-electron chi connectivity index (χ2n) is 5.79. The number of halogens is 1. The normalized spacial score (nSPS) is 24.1. The van der Waals surface area contributed by atoms with Crippen LogP contribution in [-0.2, 0) is 11.2 Å². The van der Waals surface area contributed by atoms with Gasteiger partial charge in [0.15, 0.2) is 0 Å². The third kappa shape index (κ3) is 4.32. The van der Waals surface area contributed by atoms with Crippen molar-refractivity contribution in [1.82, 2.24) is 10.6 Å². The molecule has 1 aromatic carbocycles. The molecule has 1 aromatic rings. The van der Waals surface area contributed by atoms with Crippen molar-refractivity contribution in [2.75, 3.05) is 6.54 Å². The molecule has 1 amide bonds. The highest BCUT2D eigenvalue weighted by atomic mass is 79.9. The van der Waals surface area contributed by atoms with E-state index in [-0.39, 0.29) is 18.0 Å². The molecule has 110 valence electrons. The van der Waals surface area contributed by atoms with Gasteiger partial charge in [0.1, 0.15) is 0 Å². The Morgan fingerprint density at radius 2 is 2.15 bits per heavy atom. The van der Waals surface area contributed by atoms with Gasteiger partial charge in [-0.1, -0.05) is 35.0 Å². The molecule has 3 atom stereocenters. The molecule has 2 rings (SSSR count). The molecule has 1 aliphatic rings. The van der Waals surface area contributed by atoms with Gasteiger partial charge >= 0.3 is 0 Å². The monoisotopic (exact) mass is 338 g/mol. The second kappa shape index (κ2) is 7.23. The summed E-state index contributed by atoms with van der Waals surface area (Å²) in [6.07, 6.45) is 3.16. The van der Waals surface area contributed by atoms with Crippen LogP contribution in [0.4, 0.5) is 0 Å². The third-order valence-electron chi connectivity index (χ3n) is 3.90. The number of piperidine rings is 1. The van der Waals surface area contributed by atoms with Crippen LogP contribution in [0.2, 0.25) is 0 Å². The predicted molar refractivity (Wildman–Crippen MR) is 85.6 cm³/mol. The van der Waals surface area contributed by atoms with E-state index in [0.29, 0.717) is 5.92 Å². The number of hydrogen-bond acceptors (Lipinski definition) is 2. The topological polar surface area (TPSA) is 41.1 Å². The molecule has 0 saturated carbocycles. The van der Waals surface area contributed by atoms with Crippen molar-refractivity contribution in [3.05, 3.63) is 34.3 Å². The van der Waals surface area contributed by atoms with E-state index in [0.717, 1.165) is 23.9 Å². The van der Waals surface area contributed by atoms with Gasteiger partial charge in [-0.25, -0.2) is 0 Å². The summed E-state index contributed by atoms with van der Waals surface area (Å²) in [4.78, 5) is 12.3. The lowest BCUT2D eigenvalue weighted by molar-refractivity contribution is -0.125. The molecule has 0 aliphatic carbocycles. The van der Waals surface area contributed by atoms with Crippen molar-refractivity contribution in [3.8, 4) is 0 Å². The lowest BCUT2D eigenvalue weighted by Gasteiger charge is -2.30. The van der Waals surface area contributed by atoms with E-state index in [1.807, 2.05) is 12.1 Å². The fraction of sp³-hybridized carbons (Fsp3) is 0.562. The van der Waals surface area contributed by atoms with Crippen molar-refractivity contribution < 1.29 is 4.79 Å². The summed E-state index contributed by atoms with van der Waals surface area (Å²) in [6, 6.07) is 8.38. The highest BCUT2D eigenvalue weighted by molar-refractivity contribution is 9.10. The molecule has 1 aliphatic heterocycles. The quantitative estimate of drug-likeness (QED) is 0.886. The lowest BCUT2D eigenvalue weighted by Crippen LogP contribution is -2.52. The van der Waals surface area contributed by atoms with Gasteiger partial charge in [-0.3, -0.25) is 4.79 Å². The van der Waals surface area contributed by atoms with E-state index in [1.165, 1.54) is 12.0 Å². The first kappa shape index (κ1) is 15.5. The third-order valence-corrected chi connectivity index (χ3v) is 4.42. The van der Waals surface area contributed by atoms with E-state index < -0.39 is 0 Å². The fourth-order valence-corrected chi connectivity index (χ4v) is 3.02. The molecule has 4 heteroatoms. The number of hydrogen-bond donors (Lipinski definition) is 2. The number of nitrogens with one attached hydrogen (secondary N) is 2. The van der Waals surface area contributed by atoms with Crippen molar-refractivity contribution in [1.29, 1.82) is 0 Å². The minimum atomic E-state index is -0.0314. The maximum atomic E-state index is 12.3. The molecule has 0 spiro atoms. The van der Waals surface area contributed by atoms with Gasteiger partial charge < -0.3 is 10.6 Å². The summed E-state index contributed by atoms with van der Waals surface area (Å²) in [7, 11) is 0. The molecule has 1 fully saturated rings. The Bertz CT molecular complexity index is 446. The summed E-state index contributed by atoms with van der Waals surface area (Å²) in [5.74, 6) is 0.561. The SMILES string of the molecule is CC(Cc1ccc(Br)cc1)NC(=O)C1NCCCC1C. The average Bonchev–Trinajstić information content (AvgIpc) is 2.41. The van der Waals surface area contributed by atoms with Crippen molar-refractivity contribution in [2.45, 2.75) is 45.2 Å². The Balaban J connectivity index is 1.85. The van der Waals surface area contributed by atoms with Crippen LogP contribution in [0.3, 0.4) is 0 Å². The van der Waals surface area contributed by atoms with Gasteiger partial charge in [0.05, 0.1) is 6.04 Å². The molecule has 1 heterocycles. The largest absolute Gasteiger partial charge is 0.352 e. The van der Waals surface area contributed by atoms with E-state index >= 15 is 0 Å². The molecule has 20 heavy (non-hydrogen) atoms. The number of benzene rings is 1. The van der Waals surface area contributed by atoms with Gasteiger partial charge in [-0.05, 0) is 56.3 Å². The highest BCUT2D eigenvalue weighted by Gasteiger charge is 2.27. The number of rotatable bonds is 4. The Morgan fingerprint density at radius 1 is 1.45 bits per heavy atom. The first-order valence-corrected chi connectivity index (χ1v) is 8.14. The van der Waals surface area contributed by atoms with Crippen LogP contribution in [-0.4, -0.2) is 24.5 Å². The molecule has 2 N–H and O–H groups in total. The summed E-state index contributed by atoms with van der Waals surface area (Å²) in [5, 5.41) is 6.46. The van der Waals surface area contributed by atoms with E-state index in [4.69, 9.17) is 0 Å². The van der Waals surface area contributed by atoms with Crippen LogP contribution < -0.4 is 10.6 Å². The van der Waals surface area contributed by atoms with Crippen LogP contribution in [0.5, 0.6) is 0 Å². The van der Waals surface area contributed by atoms with Crippen LogP contribution >= 0.6 is 15.9 Å². The lowest BCUT2D eigenvalue weighted by atomic mass is 9.92.